The molecule has 1 aromatic carbocycles. The molecule has 0 unspecified atom stereocenters. The van der Waals surface area contributed by atoms with E-state index < -0.39 is 0 Å². The van der Waals surface area contributed by atoms with Gasteiger partial charge in [-0.3, -0.25) is 9.59 Å². The average molecular weight is 344 g/mol. The van der Waals surface area contributed by atoms with Gasteiger partial charge < -0.3 is 10.2 Å². The Hall–Kier alpha value is -1.84. The van der Waals surface area contributed by atoms with Crippen LogP contribution in [0.3, 0.4) is 0 Å². The van der Waals surface area contributed by atoms with Crippen molar-refractivity contribution in [3.63, 3.8) is 0 Å². The van der Waals surface area contributed by atoms with Gasteiger partial charge in [-0.25, -0.2) is 0 Å². The Bertz CT molecular complexity index is 522. The summed E-state index contributed by atoms with van der Waals surface area (Å²) in [6, 6.07) is 10.6. The minimum atomic E-state index is 0.0490. The number of nitrogens with zero attached hydrogens (tertiary/aromatic N) is 1. The summed E-state index contributed by atoms with van der Waals surface area (Å²) < 4.78 is 0. The predicted molar refractivity (Wildman–Crippen MR) is 101 cm³/mol. The predicted octanol–water partition coefficient (Wildman–Crippen LogP) is 3.70. The van der Waals surface area contributed by atoms with Gasteiger partial charge in [0.25, 0.3) is 0 Å². The van der Waals surface area contributed by atoms with Crippen molar-refractivity contribution in [1.29, 1.82) is 0 Å². The van der Waals surface area contributed by atoms with Gasteiger partial charge in [-0.1, -0.05) is 56.0 Å². The van der Waals surface area contributed by atoms with Crippen LogP contribution in [0.4, 0.5) is 0 Å². The Morgan fingerprint density at radius 3 is 2.40 bits per heavy atom. The van der Waals surface area contributed by atoms with E-state index >= 15 is 0 Å². The molecule has 1 aliphatic rings. The maximum Gasteiger partial charge on any atom is 0.221 e. The van der Waals surface area contributed by atoms with E-state index in [1.165, 1.54) is 31.2 Å². The summed E-state index contributed by atoms with van der Waals surface area (Å²) in [4.78, 5) is 26.0. The first-order valence-electron chi connectivity index (χ1n) is 9.74. The Morgan fingerprint density at radius 2 is 1.76 bits per heavy atom. The maximum atomic E-state index is 12.1. The van der Waals surface area contributed by atoms with Gasteiger partial charge in [0.05, 0.1) is 0 Å². The molecule has 1 fully saturated rings. The highest BCUT2D eigenvalue weighted by Gasteiger charge is 2.22. The van der Waals surface area contributed by atoms with Gasteiger partial charge in [0.2, 0.25) is 11.8 Å². The molecule has 1 N–H and O–H groups in total. The summed E-state index contributed by atoms with van der Waals surface area (Å²) in [6.45, 7) is 2.87. The van der Waals surface area contributed by atoms with Crippen LogP contribution in [0.1, 0.15) is 63.9 Å². The highest BCUT2D eigenvalue weighted by Crippen LogP contribution is 2.22. The van der Waals surface area contributed by atoms with E-state index in [2.05, 4.69) is 17.4 Å². The number of carbonyl (C=O) groups excluding carboxylic acids is 2. The zero-order valence-electron chi connectivity index (χ0n) is 15.5. The highest BCUT2D eigenvalue weighted by atomic mass is 16.2. The lowest BCUT2D eigenvalue weighted by Crippen LogP contribution is -2.41. The fourth-order valence-electron chi connectivity index (χ4n) is 3.64. The van der Waals surface area contributed by atoms with Crippen LogP contribution < -0.4 is 5.32 Å². The van der Waals surface area contributed by atoms with E-state index in [0.29, 0.717) is 25.6 Å². The SMILES string of the molecule is CC(=O)N(CCC(=O)NCCCc1ccccc1)C1CCCCCC1. The van der Waals surface area contributed by atoms with Crippen LogP contribution in [-0.2, 0) is 16.0 Å². The molecule has 2 amide bonds. The van der Waals surface area contributed by atoms with Gasteiger partial charge in [0.1, 0.15) is 0 Å². The third-order valence-electron chi connectivity index (χ3n) is 5.06. The lowest BCUT2D eigenvalue weighted by Gasteiger charge is -2.30. The third-order valence-corrected chi connectivity index (χ3v) is 5.06. The van der Waals surface area contributed by atoms with Gasteiger partial charge in [-0.15, -0.1) is 0 Å². The van der Waals surface area contributed by atoms with Crippen molar-refractivity contribution in [2.75, 3.05) is 13.1 Å². The monoisotopic (exact) mass is 344 g/mol. The summed E-state index contributed by atoms with van der Waals surface area (Å²) in [6.07, 6.45) is 9.41. The minimum Gasteiger partial charge on any atom is -0.356 e. The lowest BCUT2D eigenvalue weighted by molar-refractivity contribution is -0.132. The van der Waals surface area contributed by atoms with E-state index in [4.69, 9.17) is 0 Å². The molecule has 0 atom stereocenters. The Morgan fingerprint density at radius 1 is 1.08 bits per heavy atom. The molecular formula is C21H32N2O2. The van der Waals surface area contributed by atoms with Gasteiger partial charge in [0, 0.05) is 32.5 Å². The number of hydrogen-bond donors (Lipinski definition) is 1. The molecule has 4 nitrogen and oxygen atoms in total. The first kappa shape index (κ1) is 19.5. The summed E-state index contributed by atoms with van der Waals surface area (Å²) in [5.74, 6) is 0.150. The number of benzene rings is 1. The number of rotatable bonds is 8. The average Bonchev–Trinajstić information content (AvgIpc) is 2.89. The number of aryl methyl sites for hydroxylation is 1. The fourth-order valence-corrected chi connectivity index (χ4v) is 3.64. The molecular weight excluding hydrogens is 312 g/mol. The largest absolute Gasteiger partial charge is 0.356 e. The number of nitrogens with one attached hydrogen (secondary N) is 1. The summed E-state index contributed by atoms with van der Waals surface area (Å²) >= 11 is 0. The quantitative estimate of drug-likeness (QED) is 0.577. The topological polar surface area (TPSA) is 49.4 Å². The molecule has 0 bridgehead atoms. The summed E-state index contributed by atoms with van der Waals surface area (Å²) in [5, 5.41) is 2.99. The Labute approximate surface area is 152 Å². The third kappa shape index (κ3) is 7.29. The van der Waals surface area contributed by atoms with Crippen LogP contribution in [0.25, 0.3) is 0 Å². The Balaban J connectivity index is 1.67. The molecule has 0 heterocycles. The minimum absolute atomic E-state index is 0.0490. The molecule has 0 saturated heterocycles. The number of carbonyl (C=O) groups is 2. The molecule has 2 rings (SSSR count). The first-order chi connectivity index (χ1) is 12.2. The fraction of sp³-hybridized carbons (Fsp3) is 0.619. The van der Waals surface area contributed by atoms with Gasteiger partial charge >= 0.3 is 0 Å². The van der Waals surface area contributed by atoms with Gasteiger partial charge in [-0.2, -0.15) is 0 Å². The second kappa shape index (κ2) is 10.9. The van der Waals surface area contributed by atoms with Crippen molar-refractivity contribution in [2.24, 2.45) is 0 Å². The zero-order valence-corrected chi connectivity index (χ0v) is 15.5. The molecule has 0 aliphatic heterocycles. The second-order valence-corrected chi connectivity index (χ2v) is 7.05. The van der Waals surface area contributed by atoms with Crippen LogP contribution in [0.15, 0.2) is 30.3 Å². The van der Waals surface area contributed by atoms with Gasteiger partial charge in [0.15, 0.2) is 0 Å². The van der Waals surface area contributed by atoms with Crippen LogP contribution in [0.5, 0.6) is 0 Å². The van der Waals surface area contributed by atoms with Crippen molar-refractivity contribution in [1.82, 2.24) is 10.2 Å². The van der Waals surface area contributed by atoms with Crippen LogP contribution in [0, 0.1) is 0 Å². The molecule has 0 aromatic heterocycles. The van der Waals surface area contributed by atoms with Crippen LogP contribution in [0.2, 0.25) is 0 Å². The molecule has 25 heavy (non-hydrogen) atoms. The van der Waals surface area contributed by atoms with E-state index in [1.54, 1.807) is 6.92 Å². The summed E-state index contributed by atoms with van der Waals surface area (Å²) in [7, 11) is 0. The second-order valence-electron chi connectivity index (χ2n) is 7.05. The number of amides is 2. The lowest BCUT2D eigenvalue weighted by atomic mass is 10.1. The van der Waals surface area contributed by atoms with E-state index in [1.807, 2.05) is 23.1 Å². The number of hydrogen-bond acceptors (Lipinski definition) is 2. The normalized spacial score (nSPS) is 15.4. The van der Waals surface area contributed by atoms with E-state index in [-0.39, 0.29) is 11.8 Å². The maximum absolute atomic E-state index is 12.1. The van der Waals surface area contributed by atoms with E-state index in [9.17, 15) is 9.59 Å². The molecule has 0 spiro atoms. The highest BCUT2D eigenvalue weighted by molar-refractivity contribution is 5.78. The van der Waals surface area contributed by atoms with Crippen LogP contribution in [-0.4, -0.2) is 35.8 Å². The molecule has 4 heteroatoms. The Kier molecular flexibility index (Phi) is 8.50. The van der Waals surface area contributed by atoms with Crippen LogP contribution >= 0.6 is 0 Å². The smallest absolute Gasteiger partial charge is 0.221 e. The van der Waals surface area contributed by atoms with Crippen molar-refractivity contribution in [3.8, 4) is 0 Å². The van der Waals surface area contributed by atoms with E-state index in [0.717, 1.165) is 25.7 Å². The van der Waals surface area contributed by atoms with Crippen molar-refractivity contribution < 1.29 is 9.59 Å². The van der Waals surface area contributed by atoms with Crippen molar-refractivity contribution in [2.45, 2.75) is 70.8 Å². The van der Waals surface area contributed by atoms with Crippen molar-refractivity contribution in [3.05, 3.63) is 35.9 Å². The molecule has 0 radical (unpaired) electrons. The van der Waals surface area contributed by atoms with Gasteiger partial charge in [-0.05, 0) is 31.2 Å². The zero-order chi connectivity index (χ0) is 17.9. The molecule has 1 aliphatic carbocycles. The standard InChI is InChI=1S/C21H32N2O2/c1-18(24)23(20-13-7-2-3-8-14-20)17-15-21(25)22-16-9-12-19-10-5-4-6-11-19/h4-6,10-11,20H,2-3,7-9,12-17H2,1H3,(H,22,25). The first-order valence-corrected chi connectivity index (χ1v) is 9.74. The summed E-state index contributed by atoms with van der Waals surface area (Å²) in [5.41, 5.74) is 1.30. The molecule has 1 aromatic rings. The van der Waals surface area contributed by atoms with Crippen molar-refractivity contribution >= 4 is 11.8 Å². The molecule has 1 saturated carbocycles. The molecule has 138 valence electrons.